The van der Waals surface area contributed by atoms with E-state index in [-0.39, 0.29) is 27.2 Å². The van der Waals surface area contributed by atoms with Gasteiger partial charge in [-0.25, -0.2) is 5.10 Å². The maximum atomic E-state index is 12.0. The molecule has 3 aromatic rings. The molecule has 116 valence electrons. The summed E-state index contributed by atoms with van der Waals surface area (Å²) < 4.78 is 5.61. The fourth-order valence-corrected chi connectivity index (χ4v) is 2.63. The number of aromatic nitrogens is 2. The number of benzene rings is 2. The molecule has 0 amide bonds. The standard InChI is InChI=1S/C16H11Cl2N3O2/c17-12-6-10(19)7-13(18)15(12)23-14-8-11(16(22)21-20-14)9-4-2-1-3-5-9/h1-8H,19H2,(H,21,22). The van der Waals surface area contributed by atoms with Crippen molar-refractivity contribution in [2.45, 2.75) is 0 Å². The second kappa shape index (κ2) is 6.32. The second-order valence-corrected chi connectivity index (χ2v) is 5.55. The fraction of sp³-hybridized carbons (Fsp3) is 0. The fourth-order valence-electron chi connectivity index (χ4n) is 2.05. The Labute approximate surface area is 141 Å². The minimum atomic E-state index is -0.321. The zero-order chi connectivity index (χ0) is 16.4. The number of nitrogens with one attached hydrogen (secondary N) is 1. The quantitative estimate of drug-likeness (QED) is 0.698. The largest absolute Gasteiger partial charge is 0.434 e. The van der Waals surface area contributed by atoms with Crippen LogP contribution in [0.3, 0.4) is 0 Å². The number of H-pyrrole nitrogens is 1. The summed E-state index contributed by atoms with van der Waals surface area (Å²) in [6.07, 6.45) is 0. The van der Waals surface area contributed by atoms with Crippen molar-refractivity contribution in [2.75, 3.05) is 5.73 Å². The van der Waals surface area contributed by atoms with E-state index in [1.54, 1.807) is 0 Å². The summed E-state index contributed by atoms with van der Waals surface area (Å²) in [5.41, 5.74) is 6.93. The average molecular weight is 348 g/mol. The summed E-state index contributed by atoms with van der Waals surface area (Å²) in [7, 11) is 0. The first-order valence-electron chi connectivity index (χ1n) is 6.62. The Bertz CT molecular complexity index is 888. The zero-order valence-corrected chi connectivity index (χ0v) is 13.2. The smallest absolute Gasteiger partial charge is 0.272 e. The molecular formula is C16H11Cl2N3O2. The lowest BCUT2D eigenvalue weighted by Crippen LogP contribution is -2.11. The molecule has 0 radical (unpaired) electrons. The summed E-state index contributed by atoms with van der Waals surface area (Å²) in [6, 6.07) is 13.7. The van der Waals surface area contributed by atoms with E-state index in [1.165, 1.54) is 18.2 Å². The first-order chi connectivity index (χ1) is 11.0. The number of rotatable bonds is 3. The van der Waals surface area contributed by atoms with Gasteiger partial charge >= 0.3 is 0 Å². The lowest BCUT2D eigenvalue weighted by molar-refractivity contribution is 0.455. The third-order valence-corrected chi connectivity index (χ3v) is 3.65. The summed E-state index contributed by atoms with van der Waals surface area (Å²) in [6.45, 7) is 0. The third-order valence-electron chi connectivity index (χ3n) is 3.09. The minimum absolute atomic E-state index is 0.164. The van der Waals surface area contributed by atoms with Crippen LogP contribution < -0.4 is 16.0 Å². The maximum Gasteiger partial charge on any atom is 0.272 e. The zero-order valence-electron chi connectivity index (χ0n) is 11.7. The molecule has 0 saturated carbocycles. The minimum Gasteiger partial charge on any atom is -0.434 e. The van der Waals surface area contributed by atoms with Crippen LogP contribution in [0.4, 0.5) is 5.69 Å². The Morgan fingerprint density at radius 1 is 1.04 bits per heavy atom. The van der Waals surface area contributed by atoms with Gasteiger partial charge in [0.15, 0.2) is 5.75 Å². The highest BCUT2D eigenvalue weighted by Crippen LogP contribution is 2.37. The third kappa shape index (κ3) is 3.31. The number of halogens is 2. The lowest BCUT2D eigenvalue weighted by Gasteiger charge is -2.10. The van der Waals surface area contributed by atoms with E-state index in [0.717, 1.165) is 5.56 Å². The first-order valence-corrected chi connectivity index (χ1v) is 7.37. The highest BCUT2D eigenvalue weighted by Gasteiger charge is 2.13. The van der Waals surface area contributed by atoms with Gasteiger partial charge in [0.25, 0.3) is 5.56 Å². The molecule has 0 atom stereocenters. The lowest BCUT2D eigenvalue weighted by atomic mass is 10.1. The molecule has 0 saturated heterocycles. The Balaban J connectivity index is 2.01. The average Bonchev–Trinajstić information content (AvgIpc) is 2.53. The molecule has 23 heavy (non-hydrogen) atoms. The van der Waals surface area contributed by atoms with Gasteiger partial charge in [-0.1, -0.05) is 53.5 Å². The molecule has 1 aromatic heterocycles. The Hall–Kier alpha value is -2.50. The Morgan fingerprint density at radius 3 is 2.35 bits per heavy atom. The number of nitrogens with two attached hydrogens (primary N) is 1. The molecule has 0 fully saturated rings. The molecule has 5 nitrogen and oxygen atoms in total. The van der Waals surface area contributed by atoms with E-state index < -0.39 is 0 Å². The highest BCUT2D eigenvalue weighted by molar-refractivity contribution is 6.37. The second-order valence-electron chi connectivity index (χ2n) is 4.73. The maximum absolute atomic E-state index is 12.0. The van der Waals surface area contributed by atoms with Crippen molar-refractivity contribution in [3.8, 4) is 22.8 Å². The first kappa shape index (κ1) is 15.4. The molecule has 0 aliphatic heterocycles. The van der Waals surface area contributed by atoms with E-state index in [9.17, 15) is 4.79 Å². The predicted molar refractivity (Wildman–Crippen MR) is 91.2 cm³/mol. The number of nitrogens with zero attached hydrogens (tertiary/aromatic N) is 1. The van der Waals surface area contributed by atoms with E-state index in [4.69, 9.17) is 33.7 Å². The Morgan fingerprint density at radius 2 is 1.70 bits per heavy atom. The summed E-state index contributed by atoms with van der Waals surface area (Å²) in [4.78, 5) is 12.0. The topological polar surface area (TPSA) is 81.0 Å². The van der Waals surface area contributed by atoms with Crippen LogP contribution >= 0.6 is 23.2 Å². The molecule has 0 aliphatic rings. The summed E-state index contributed by atoms with van der Waals surface area (Å²) >= 11 is 12.2. The van der Waals surface area contributed by atoms with Crippen LogP contribution in [-0.2, 0) is 0 Å². The molecule has 1 heterocycles. The number of hydrogen-bond acceptors (Lipinski definition) is 4. The predicted octanol–water partition coefficient (Wildman–Crippen LogP) is 4.12. The molecule has 2 aromatic carbocycles. The molecule has 0 unspecified atom stereocenters. The number of nitrogen functional groups attached to an aromatic ring is 1. The SMILES string of the molecule is Nc1cc(Cl)c(Oc2cc(-c3ccccc3)c(=O)[nH]n2)c(Cl)c1. The van der Waals surface area contributed by atoms with Crippen molar-refractivity contribution in [1.29, 1.82) is 0 Å². The van der Waals surface area contributed by atoms with Crippen LogP contribution in [0.25, 0.3) is 11.1 Å². The van der Waals surface area contributed by atoms with Crippen molar-refractivity contribution in [1.82, 2.24) is 10.2 Å². The number of hydrogen-bond donors (Lipinski definition) is 2. The van der Waals surface area contributed by atoms with Gasteiger partial charge in [-0.05, 0) is 17.7 Å². The molecule has 3 rings (SSSR count). The van der Waals surface area contributed by atoms with Gasteiger partial charge in [-0.15, -0.1) is 5.10 Å². The van der Waals surface area contributed by atoms with E-state index in [0.29, 0.717) is 11.3 Å². The van der Waals surface area contributed by atoms with Gasteiger partial charge in [0.05, 0.1) is 15.6 Å². The van der Waals surface area contributed by atoms with Crippen molar-refractivity contribution in [3.05, 3.63) is 68.9 Å². The highest BCUT2D eigenvalue weighted by atomic mass is 35.5. The van der Waals surface area contributed by atoms with Crippen LogP contribution in [0.15, 0.2) is 53.3 Å². The molecule has 0 bridgehead atoms. The number of aromatic amines is 1. The van der Waals surface area contributed by atoms with Crippen LogP contribution in [0, 0.1) is 0 Å². The van der Waals surface area contributed by atoms with Crippen LogP contribution in [0.2, 0.25) is 10.0 Å². The number of anilines is 1. The molecule has 3 N–H and O–H groups in total. The molecule has 0 spiro atoms. The van der Waals surface area contributed by atoms with Gasteiger partial charge in [0, 0.05) is 11.8 Å². The van der Waals surface area contributed by atoms with Crippen LogP contribution in [0.1, 0.15) is 0 Å². The van der Waals surface area contributed by atoms with Crippen LogP contribution in [0.5, 0.6) is 11.6 Å². The van der Waals surface area contributed by atoms with E-state index in [1.807, 2.05) is 30.3 Å². The van der Waals surface area contributed by atoms with Gasteiger partial charge in [-0.3, -0.25) is 4.79 Å². The van der Waals surface area contributed by atoms with Gasteiger partial charge in [0.1, 0.15) is 0 Å². The summed E-state index contributed by atoms with van der Waals surface area (Å²) in [5.74, 6) is 0.387. The van der Waals surface area contributed by atoms with Gasteiger partial charge in [0.2, 0.25) is 5.88 Å². The van der Waals surface area contributed by atoms with Crippen molar-refractivity contribution in [3.63, 3.8) is 0 Å². The molecule has 7 heteroatoms. The van der Waals surface area contributed by atoms with Crippen LogP contribution in [-0.4, -0.2) is 10.2 Å². The summed E-state index contributed by atoms with van der Waals surface area (Å²) in [5, 5.41) is 6.76. The van der Waals surface area contributed by atoms with Gasteiger partial charge in [-0.2, -0.15) is 0 Å². The van der Waals surface area contributed by atoms with Gasteiger partial charge < -0.3 is 10.5 Å². The van der Waals surface area contributed by atoms with Crippen molar-refractivity contribution >= 4 is 28.9 Å². The van der Waals surface area contributed by atoms with Crippen molar-refractivity contribution < 1.29 is 4.74 Å². The normalized spacial score (nSPS) is 10.5. The number of ether oxygens (including phenoxy) is 1. The molecular weight excluding hydrogens is 337 g/mol. The monoisotopic (exact) mass is 347 g/mol. The van der Waals surface area contributed by atoms with Crippen molar-refractivity contribution in [2.24, 2.45) is 0 Å². The van der Waals surface area contributed by atoms with E-state index in [2.05, 4.69) is 10.2 Å². The molecule has 0 aliphatic carbocycles. The Kier molecular flexibility index (Phi) is 4.23. The van der Waals surface area contributed by atoms with E-state index >= 15 is 0 Å².